The fourth-order valence-corrected chi connectivity index (χ4v) is 9.84. The smallest absolute Gasteiger partial charge is 0.408 e. The molecule has 4 amide bonds. The van der Waals surface area contributed by atoms with E-state index in [1.807, 2.05) is 36.4 Å². The monoisotopic (exact) mass is 855 g/mol. The number of alkyl carbamates (subject to hydrolysis) is 1. The van der Waals surface area contributed by atoms with Crippen molar-refractivity contribution in [1.29, 1.82) is 0 Å². The summed E-state index contributed by atoms with van der Waals surface area (Å²) in [5.41, 5.74) is 0.683. The molecule has 2 aromatic carbocycles. The first-order valence-corrected chi connectivity index (χ1v) is 22.4. The molecule has 2 N–H and O–H groups in total. The Hall–Kier alpha value is -5.77. The molecule has 324 valence electrons. The van der Waals surface area contributed by atoms with Crippen LogP contribution in [0.2, 0.25) is 0 Å². The molecule has 1 aromatic heterocycles. The van der Waals surface area contributed by atoms with E-state index in [0.717, 1.165) is 24.5 Å². The van der Waals surface area contributed by atoms with Crippen molar-refractivity contribution in [3.05, 3.63) is 79.9 Å². The molecule has 61 heavy (non-hydrogen) atoms. The highest BCUT2D eigenvalue weighted by molar-refractivity contribution is 7.90. The largest absolute Gasteiger partial charge is 0.497 e. The second-order valence-electron chi connectivity index (χ2n) is 16.5. The SMILES string of the molecule is C=CC(=O)N(C)CC[C@H](NC(=O)OC1CCCC1)C(=O)N1C[C@H](Oc2cc(-c3ccccc3)nc3cc(OC)ccc23)C[C@H]1C(=O)C[C@]1(C(=O)NS(=O)(=O)C2CC2)C[C@H]1C=C. The summed E-state index contributed by atoms with van der Waals surface area (Å²) in [5.74, 6) is -1.64. The number of ether oxygens (including phenoxy) is 3. The number of hydrogen-bond acceptors (Lipinski definition) is 11. The van der Waals surface area contributed by atoms with Gasteiger partial charge in [-0.05, 0) is 75.5 Å². The summed E-state index contributed by atoms with van der Waals surface area (Å²) in [6.07, 6.45) is 4.87. The summed E-state index contributed by atoms with van der Waals surface area (Å²) >= 11 is 0. The minimum atomic E-state index is -3.91. The predicted molar refractivity (Wildman–Crippen MR) is 227 cm³/mol. The molecule has 0 spiro atoms. The Kier molecular flexibility index (Phi) is 12.8. The molecular formula is C45H53N5O10S. The molecule has 7 rings (SSSR count). The van der Waals surface area contributed by atoms with Crippen LogP contribution in [0.3, 0.4) is 0 Å². The number of ketones is 1. The van der Waals surface area contributed by atoms with Gasteiger partial charge in [-0.1, -0.05) is 43.0 Å². The number of carbonyl (C=O) groups excluding carboxylic acids is 5. The number of amides is 4. The van der Waals surface area contributed by atoms with Crippen LogP contribution < -0.4 is 19.5 Å². The van der Waals surface area contributed by atoms with E-state index in [4.69, 9.17) is 19.2 Å². The topological polar surface area (TPSA) is 191 Å². The van der Waals surface area contributed by atoms with Crippen molar-refractivity contribution >= 4 is 50.5 Å². The van der Waals surface area contributed by atoms with Gasteiger partial charge < -0.3 is 29.3 Å². The molecule has 3 aliphatic carbocycles. The van der Waals surface area contributed by atoms with Crippen LogP contribution in [0.1, 0.15) is 64.2 Å². The zero-order valence-electron chi connectivity index (χ0n) is 34.5. The summed E-state index contributed by atoms with van der Waals surface area (Å²) in [5, 5.41) is 2.74. The summed E-state index contributed by atoms with van der Waals surface area (Å²) in [4.78, 5) is 76.6. The lowest BCUT2D eigenvalue weighted by atomic mass is 9.91. The molecular weight excluding hydrogens is 803 g/mol. The number of Topliss-reactive ketones (excluding diaryl/α,β-unsaturated/α-hetero) is 1. The maximum absolute atomic E-state index is 14.8. The second kappa shape index (κ2) is 18.1. The predicted octanol–water partition coefficient (Wildman–Crippen LogP) is 5.09. The van der Waals surface area contributed by atoms with Crippen molar-refractivity contribution in [3.63, 3.8) is 0 Å². The van der Waals surface area contributed by atoms with Gasteiger partial charge in [-0.25, -0.2) is 18.2 Å². The van der Waals surface area contributed by atoms with E-state index in [2.05, 4.69) is 23.2 Å². The highest BCUT2D eigenvalue weighted by Gasteiger charge is 2.61. The van der Waals surface area contributed by atoms with E-state index in [1.165, 1.54) is 9.80 Å². The van der Waals surface area contributed by atoms with E-state index in [9.17, 15) is 32.4 Å². The van der Waals surface area contributed by atoms with Gasteiger partial charge in [-0.2, -0.15) is 0 Å². The van der Waals surface area contributed by atoms with Gasteiger partial charge in [0.05, 0.1) is 41.6 Å². The third-order valence-electron chi connectivity index (χ3n) is 12.3. The molecule has 5 atom stereocenters. The van der Waals surface area contributed by atoms with Gasteiger partial charge in [0, 0.05) is 49.5 Å². The Labute approximate surface area is 355 Å². The number of pyridine rings is 1. The summed E-state index contributed by atoms with van der Waals surface area (Å²) in [7, 11) is -0.803. The lowest BCUT2D eigenvalue weighted by molar-refractivity contribution is -0.140. The van der Waals surface area contributed by atoms with E-state index in [-0.39, 0.29) is 50.8 Å². The average Bonchev–Trinajstić information content (AvgIpc) is 4.14. The molecule has 16 heteroatoms. The number of fused-ring (bicyclic) bond motifs is 1. The highest BCUT2D eigenvalue weighted by atomic mass is 32.2. The number of carbonyl (C=O) groups is 5. The molecule has 2 heterocycles. The molecule has 3 saturated carbocycles. The third-order valence-corrected chi connectivity index (χ3v) is 14.1. The first-order chi connectivity index (χ1) is 29.2. The molecule has 4 aliphatic rings. The maximum Gasteiger partial charge on any atom is 0.408 e. The van der Waals surface area contributed by atoms with Crippen molar-refractivity contribution in [2.75, 3.05) is 27.2 Å². The van der Waals surface area contributed by atoms with E-state index in [0.29, 0.717) is 53.8 Å². The van der Waals surface area contributed by atoms with Crippen LogP contribution >= 0.6 is 0 Å². The average molecular weight is 856 g/mol. The molecule has 0 radical (unpaired) electrons. The van der Waals surface area contributed by atoms with Gasteiger partial charge in [-0.3, -0.25) is 23.9 Å². The van der Waals surface area contributed by atoms with Gasteiger partial charge >= 0.3 is 6.09 Å². The minimum Gasteiger partial charge on any atom is -0.497 e. The number of sulfonamides is 1. The number of hydrogen-bond donors (Lipinski definition) is 2. The second-order valence-corrected chi connectivity index (χ2v) is 18.5. The molecule has 4 fully saturated rings. The van der Waals surface area contributed by atoms with Crippen molar-refractivity contribution < 1.29 is 46.6 Å². The summed E-state index contributed by atoms with van der Waals surface area (Å²) in [6, 6.07) is 14.4. The van der Waals surface area contributed by atoms with Crippen LogP contribution in [0.5, 0.6) is 11.5 Å². The van der Waals surface area contributed by atoms with Crippen LogP contribution in [-0.2, 0) is 33.9 Å². The first kappa shape index (κ1) is 43.3. The zero-order chi connectivity index (χ0) is 43.5. The van der Waals surface area contributed by atoms with Crippen molar-refractivity contribution in [2.45, 2.75) is 93.7 Å². The molecule has 1 saturated heterocycles. The number of benzene rings is 2. The number of likely N-dealkylation sites (N-methyl/N-ethyl adjacent to an activating group) is 1. The van der Waals surface area contributed by atoms with Crippen molar-refractivity contribution in [2.24, 2.45) is 11.3 Å². The van der Waals surface area contributed by atoms with Gasteiger partial charge in [0.15, 0.2) is 5.78 Å². The lowest BCUT2D eigenvalue weighted by Gasteiger charge is -2.30. The number of methoxy groups -OCH3 is 1. The normalized spacial score (nSPS) is 22.8. The number of nitrogens with zero attached hydrogens (tertiary/aromatic N) is 3. The first-order valence-electron chi connectivity index (χ1n) is 20.8. The van der Waals surface area contributed by atoms with E-state index < -0.39 is 68.5 Å². The number of rotatable bonds is 18. The molecule has 1 aliphatic heterocycles. The maximum atomic E-state index is 14.8. The molecule has 15 nitrogen and oxygen atoms in total. The number of aromatic nitrogens is 1. The Bertz CT molecular complexity index is 2310. The van der Waals surface area contributed by atoms with Crippen LogP contribution in [0, 0.1) is 11.3 Å². The van der Waals surface area contributed by atoms with Gasteiger partial charge in [0.25, 0.3) is 0 Å². The van der Waals surface area contributed by atoms with Crippen LogP contribution in [-0.4, -0.2) is 110 Å². The molecule has 0 unspecified atom stereocenters. The quantitative estimate of drug-likeness (QED) is 0.128. The Balaban J connectivity index is 1.21. The number of nitrogens with one attached hydrogen (secondary N) is 2. The number of likely N-dealkylation sites (tertiary alicyclic amines) is 1. The van der Waals surface area contributed by atoms with Gasteiger partial charge in [-0.15, -0.1) is 6.58 Å². The van der Waals surface area contributed by atoms with Crippen molar-refractivity contribution in [1.82, 2.24) is 24.8 Å². The molecule has 3 aromatic rings. The summed E-state index contributed by atoms with van der Waals surface area (Å²) in [6.45, 7) is 7.36. The molecule has 0 bridgehead atoms. The van der Waals surface area contributed by atoms with Crippen LogP contribution in [0.4, 0.5) is 4.79 Å². The van der Waals surface area contributed by atoms with Crippen LogP contribution in [0.25, 0.3) is 22.2 Å². The summed E-state index contributed by atoms with van der Waals surface area (Å²) < 4.78 is 45.8. The fourth-order valence-electron chi connectivity index (χ4n) is 8.46. The highest BCUT2D eigenvalue weighted by Crippen LogP contribution is 2.57. The minimum absolute atomic E-state index is 0.0151. The van der Waals surface area contributed by atoms with E-state index in [1.54, 1.807) is 38.4 Å². The van der Waals surface area contributed by atoms with Gasteiger partial charge in [0.1, 0.15) is 29.7 Å². The van der Waals surface area contributed by atoms with Gasteiger partial charge in [0.2, 0.25) is 27.7 Å². The van der Waals surface area contributed by atoms with Crippen LogP contribution in [0.15, 0.2) is 79.9 Å². The zero-order valence-corrected chi connectivity index (χ0v) is 35.4. The van der Waals surface area contributed by atoms with E-state index >= 15 is 0 Å². The Morgan fingerprint density at radius 2 is 1.75 bits per heavy atom. The third kappa shape index (κ3) is 9.74. The van der Waals surface area contributed by atoms with Crippen molar-refractivity contribution in [3.8, 4) is 22.8 Å². The number of allylic oxidation sites excluding steroid dienone is 1. The standard InChI is InChI=1S/C45H53N5O10S/c1-5-29-25-45(29,43(54)48-61(56,57)33-17-18-33)26-39(51)38-23-32(59-40-24-36(28-12-8-7-9-13-28)46-37-22-31(58-4)16-19-34(37)40)27-50(38)42(53)35(20-21-49(3)41(52)6-2)47-44(55)60-30-14-10-11-15-30/h5-9,12-13,16,19,22,24,29-30,32-33,35,38H,1-2,10-11,14-15,17-18,20-21,23,25-27H2,3-4H3,(H,47,55)(H,48,54)/t29-,32-,35+,38+,45-/m1/s1. The Morgan fingerprint density at radius 3 is 2.41 bits per heavy atom. The Morgan fingerprint density at radius 1 is 1.02 bits per heavy atom. The lowest BCUT2D eigenvalue weighted by Crippen LogP contribution is -2.53. The fraction of sp³-hybridized carbons (Fsp3) is 0.467.